The van der Waals surface area contributed by atoms with Gasteiger partial charge in [0, 0.05) is 6.07 Å². The Morgan fingerprint density at radius 2 is 1.90 bits per heavy atom. The van der Waals surface area contributed by atoms with Crippen LogP contribution >= 0.6 is 0 Å². The third-order valence-corrected chi connectivity index (χ3v) is 3.51. The Kier molecular flexibility index (Phi) is 3.74. The maximum absolute atomic E-state index is 14.0. The summed E-state index contributed by atoms with van der Waals surface area (Å²) in [6.07, 6.45) is 0.393. The minimum atomic E-state index is -0.873. The third-order valence-electron chi connectivity index (χ3n) is 3.51. The molecule has 2 unspecified atom stereocenters. The Labute approximate surface area is 115 Å². The molecule has 4 nitrogen and oxygen atoms in total. The van der Waals surface area contributed by atoms with Crippen LogP contribution in [0.15, 0.2) is 12.1 Å². The first-order chi connectivity index (χ1) is 9.36. The number of carbonyl (C=O) groups excluding carboxylic acids is 2. The number of rotatable bonds is 2. The van der Waals surface area contributed by atoms with E-state index in [1.807, 2.05) is 0 Å². The number of hydrogen-bond acceptors (Lipinski definition) is 2. The van der Waals surface area contributed by atoms with E-state index >= 15 is 0 Å². The molecule has 108 valence electrons. The molecule has 0 radical (unpaired) electrons. The van der Waals surface area contributed by atoms with Crippen LogP contribution in [0.25, 0.3) is 0 Å². The van der Waals surface area contributed by atoms with Gasteiger partial charge < -0.3 is 5.32 Å². The van der Waals surface area contributed by atoms with Crippen LogP contribution in [-0.2, 0) is 9.59 Å². The highest BCUT2D eigenvalue weighted by Gasteiger charge is 2.39. The fourth-order valence-electron chi connectivity index (χ4n) is 2.25. The number of anilines is 1. The van der Waals surface area contributed by atoms with E-state index in [0.29, 0.717) is 6.42 Å². The molecule has 2 amide bonds. The largest absolute Gasteiger partial charge is 0.343 e. The predicted molar refractivity (Wildman–Crippen MR) is 70.3 cm³/mol. The highest BCUT2D eigenvalue weighted by atomic mass is 19.1. The topological polar surface area (TPSA) is 49.4 Å². The molecule has 1 fully saturated rings. The highest BCUT2D eigenvalue weighted by Crippen LogP contribution is 2.27. The molecule has 1 aliphatic rings. The fourth-order valence-corrected chi connectivity index (χ4v) is 2.25. The van der Waals surface area contributed by atoms with Crippen LogP contribution in [0.2, 0.25) is 0 Å². The summed E-state index contributed by atoms with van der Waals surface area (Å²) in [5.41, 5.74) is -0.0428. The SMILES string of the molecule is CCC1NC(=O)C(C)N(c2cc(F)c(C)cc2F)C1=O. The lowest BCUT2D eigenvalue weighted by molar-refractivity contribution is -0.133. The normalized spacial score (nSPS) is 22.9. The van der Waals surface area contributed by atoms with Crippen molar-refractivity contribution in [1.82, 2.24) is 5.32 Å². The lowest BCUT2D eigenvalue weighted by Gasteiger charge is -2.37. The van der Waals surface area contributed by atoms with E-state index in [2.05, 4.69) is 5.32 Å². The van der Waals surface area contributed by atoms with E-state index in [-0.39, 0.29) is 17.2 Å². The second-order valence-electron chi connectivity index (χ2n) is 4.91. The number of halogens is 2. The molecule has 1 aromatic rings. The number of aryl methyl sites for hydroxylation is 1. The van der Waals surface area contributed by atoms with Crippen molar-refractivity contribution in [3.05, 3.63) is 29.3 Å². The summed E-state index contributed by atoms with van der Waals surface area (Å²) < 4.78 is 27.7. The van der Waals surface area contributed by atoms with Gasteiger partial charge in [0.05, 0.1) is 5.69 Å². The molecule has 0 spiro atoms. The first-order valence-electron chi connectivity index (χ1n) is 6.46. The summed E-state index contributed by atoms with van der Waals surface area (Å²) >= 11 is 0. The minimum Gasteiger partial charge on any atom is -0.343 e. The standard InChI is InChI=1S/C14H16F2N2O2/c1-4-11-14(20)18(8(3)13(19)17-11)12-6-9(15)7(2)5-10(12)16/h5-6,8,11H,4H2,1-3H3,(H,17,19). The minimum absolute atomic E-state index is 0.153. The van der Waals surface area contributed by atoms with Crippen molar-refractivity contribution in [1.29, 1.82) is 0 Å². The molecule has 1 heterocycles. The van der Waals surface area contributed by atoms with Crippen molar-refractivity contribution in [2.45, 2.75) is 39.3 Å². The molecule has 0 aromatic heterocycles. The van der Waals surface area contributed by atoms with Gasteiger partial charge in [0.15, 0.2) is 0 Å². The number of hydrogen-bond donors (Lipinski definition) is 1. The van der Waals surface area contributed by atoms with Gasteiger partial charge in [-0.05, 0) is 31.9 Å². The smallest absolute Gasteiger partial charge is 0.250 e. The molecule has 1 saturated heterocycles. The van der Waals surface area contributed by atoms with E-state index in [1.165, 1.54) is 13.8 Å². The van der Waals surface area contributed by atoms with Crippen molar-refractivity contribution in [3.63, 3.8) is 0 Å². The number of piperazine rings is 1. The Bertz CT molecular complexity index is 575. The first kappa shape index (κ1) is 14.4. The summed E-state index contributed by atoms with van der Waals surface area (Å²) in [7, 11) is 0. The first-order valence-corrected chi connectivity index (χ1v) is 6.46. The summed E-state index contributed by atoms with van der Waals surface area (Å²) in [4.78, 5) is 25.2. The number of nitrogens with zero attached hydrogens (tertiary/aromatic N) is 1. The molecule has 6 heteroatoms. The predicted octanol–water partition coefficient (Wildman–Crippen LogP) is 1.90. The van der Waals surface area contributed by atoms with Crippen molar-refractivity contribution >= 4 is 17.5 Å². The van der Waals surface area contributed by atoms with Gasteiger partial charge in [0.1, 0.15) is 23.7 Å². The van der Waals surface area contributed by atoms with Gasteiger partial charge in [-0.2, -0.15) is 0 Å². The number of carbonyl (C=O) groups is 2. The van der Waals surface area contributed by atoms with Crippen LogP contribution in [-0.4, -0.2) is 23.9 Å². The average molecular weight is 282 g/mol. The van der Waals surface area contributed by atoms with Crippen molar-refractivity contribution < 1.29 is 18.4 Å². The molecular weight excluding hydrogens is 266 g/mol. The molecule has 1 aliphatic heterocycles. The van der Waals surface area contributed by atoms with Crippen molar-refractivity contribution in [2.75, 3.05) is 4.90 Å². The molecular formula is C14H16F2N2O2. The van der Waals surface area contributed by atoms with Gasteiger partial charge in [-0.25, -0.2) is 8.78 Å². The van der Waals surface area contributed by atoms with Crippen molar-refractivity contribution in [2.24, 2.45) is 0 Å². The van der Waals surface area contributed by atoms with Gasteiger partial charge in [-0.15, -0.1) is 0 Å². The second kappa shape index (κ2) is 5.19. The van der Waals surface area contributed by atoms with Gasteiger partial charge in [-0.1, -0.05) is 6.92 Å². The molecule has 1 N–H and O–H groups in total. The van der Waals surface area contributed by atoms with Gasteiger partial charge in [0.2, 0.25) is 11.8 Å². The molecule has 2 rings (SSSR count). The molecule has 1 aromatic carbocycles. The third kappa shape index (κ3) is 2.26. The van der Waals surface area contributed by atoms with E-state index in [4.69, 9.17) is 0 Å². The molecule has 0 aliphatic carbocycles. The zero-order valence-electron chi connectivity index (χ0n) is 11.5. The number of benzene rings is 1. The quantitative estimate of drug-likeness (QED) is 0.900. The Morgan fingerprint density at radius 3 is 2.50 bits per heavy atom. The van der Waals surface area contributed by atoms with Gasteiger partial charge in [-0.3, -0.25) is 14.5 Å². The van der Waals surface area contributed by atoms with Crippen LogP contribution in [0.3, 0.4) is 0 Å². The maximum atomic E-state index is 14.0. The number of amides is 2. The van der Waals surface area contributed by atoms with E-state index < -0.39 is 29.6 Å². The van der Waals surface area contributed by atoms with E-state index in [0.717, 1.165) is 17.0 Å². The Balaban J connectivity index is 2.51. The highest BCUT2D eigenvalue weighted by molar-refractivity contribution is 6.08. The lowest BCUT2D eigenvalue weighted by atomic mass is 10.0. The Morgan fingerprint density at radius 1 is 1.25 bits per heavy atom. The summed E-state index contributed by atoms with van der Waals surface area (Å²) in [6, 6.07) is 0.409. The van der Waals surface area contributed by atoms with Crippen LogP contribution in [0.4, 0.5) is 14.5 Å². The molecule has 20 heavy (non-hydrogen) atoms. The second-order valence-corrected chi connectivity index (χ2v) is 4.91. The van der Waals surface area contributed by atoms with Crippen LogP contribution in [0.1, 0.15) is 25.8 Å². The average Bonchev–Trinajstić information content (AvgIpc) is 2.40. The Hall–Kier alpha value is -1.98. The van der Waals surface area contributed by atoms with Crippen molar-refractivity contribution in [3.8, 4) is 0 Å². The fraction of sp³-hybridized carbons (Fsp3) is 0.429. The molecule has 2 atom stereocenters. The maximum Gasteiger partial charge on any atom is 0.250 e. The lowest BCUT2D eigenvalue weighted by Crippen LogP contribution is -2.62. The van der Waals surface area contributed by atoms with Crippen LogP contribution < -0.4 is 10.2 Å². The summed E-state index contributed by atoms with van der Waals surface area (Å²) in [6.45, 7) is 4.66. The molecule has 0 bridgehead atoms. The van der Waals surface area contributed by atoms with E-state index in [1.54, 1.807) is 6.92 Å². The van der Waals surface area contributed by atoms with Crippen LogP contribution in [0.5, 0.6) is 0 Å². The van der Waals surface area contributed by atoms with Crippen LogP contribution in [0, 0.1) is 18.6 Å². The zero-order chi connectivity index (χ0) is 15.0. The zero-order valence-corrected chi connectivity index (χ0v) is 11.5. The monoisotopic (exact) mass is 282 g/mol. The van der Waals surface area contributed by atoms with Gasteiger partial charge in [0.25, 0.3) is 0 Å². The van der Waals surface area contributed by atoms with Gasteiger partial charge >= 0.3 is 0 Å². The molecule has 0 saturated carbocycles. The summed E-state index contributed by atoms with van der Waals surface area (Å²) in [5.74, 6) is -2.13. The summed E-state index contributed by atoms with van der Waals surface area (Å²) in [5, 5.41) is 2.56. The number of nitrogens with one attached hydrogen (secondary N) is 1. The van der Waals surface area contributed by atoms with E-state index in [9.17, 15) is 18.4 Å².